The summed E-state index contributed by atoms with van der Waals surface area (Å²) in [5.74, 6) is -2.56. The van der Waals surface area contributed by atoms with E-state index in [2.05, 4.69) is 5.32 Å². The Morgan fingerprint density at radius 1 is 1.36 bits per heavy atom. The Morgan fingerprint density at radius 2 is 2.04 bits per heavy atom. The van der Waals surface area contributed by atoms with Crippen LogP contribution in [0.25, 0.3) is 0 Å². The van der Waals surface area contributed by atoms with Gasteiger partial charge in [0.05, 0.1) is 32.8 Å². The van der Waals surface area contributed by atoms with Gasteiger partial charge in [-0.3, -0.25) is 9.69 Å². The summed E-state index contributed by atoms with van der Waals surface area (Å²) in [6, 6.07) is 7.26. The average Bonchev–Trinajstić information content (AvgIpc) is 2.87. The van der Waals surface area contributed by atoms with Crippen LogP contribution in [0.15, 0.2) is 24.3 Å². The molecule has 6 nitrogen and oxygen atoms in total. The number of alkyl halides is 2. The van der Waals surface area contributed by atoms with Crippen molar-refractivity contribution >= 4 is 5.97 Å². The average molecular weight is 356 g/mol. The number of nitrogens with zero attached hydrogens (tertiary/aromatic N) is 1. The van der Waals surface area contributed by atoms with Crippen LogP contribution in [0.5, 0.6) is 5.75 Å². The fourth-order valence-electron chi connectivity index (χ4n) is 3.23. The Kier molecular flexibility index (Phi) is 5.21. The SMILES string of the molecule is COc1ccc(C[C@H]2NC[C@H](O)[C@H]2OC(=O)CN2CC(F)(F)C2)cc1. The Balaban J connectivity index is 1.54. The lowest BCUT2D eigenvalue weighted by Gasteiger charge is -2.38. The van der Waals surface area contributed by atoms with E-state index in [1.54, 1.807) is 7.11 Å². The number of nitrogens with one attached hydrogen (secondary N) is 1. The maximum absolute atomic E-state index is 12.8. The number of methoxy groups -OCH3 is 1. The van der Waals surface area contributed by atoms with Crippen LogP contribution in [0.3, 0.4) is 0 Å². The summed E-state index contributed by atoms with van der Waals surface area (Å²) in [5, 5.41) is 13.2. The van der Waals surface area contributed by atoms with Gasteiger partial charge in [-0.2, -0.15) is 0 Å². The van der Waals surface area contributed by atoms with Crippen LogP contribution in [0.1, 0.15) is 5.56 Å². The summed E-state index contributed by atoms with van der Waals surface area (Å²) in [5.41, 5.74) is 1.01. The number of halogens is 2. The van der Waals surface area contributed by atoms with Crippen molar-refractivity contribution in [2.45, 2.75) is 30.6 Å². The molecule has 2 aliphatic rings. The lowest BCUT2D eigenvalue weighted by atomic mass is 10.0. The molecule has 1 aromatic carbocycles. The summed E-state index contributed by atoms with van der Waals surface area (Å²) in [7, 11) is 1.59. The first-order chi connectivity index (χ1) is 11.9. The molecule has 2 heterocycles. The number of rotatable bonds is 6. The molecule has 0 spiro atoms. The van der Waals surface area contributed by atoms with Gasteiger partial charge in [-0.1, -0.05) is 12.1 Å². The molecule has 0 amide bonds. The van der Waals surface area contributed by atoms with E-state index < -0.39 is 37.2 Å². The monoisotopic (exact) mass is 356 g/mol. The molecule has 2 N–H and O–H groups in total. The maximum Gasteiger partial charge on any atom is 0.320 e. The van der Waals surface area contributed by atoms with Gasteiger partial charge in [0.1, 0.15) is 18.0 Å². The molecule has 0 radical (unpaired) electrons. The van der Waals surface area contributed by atoms with Gasteiger partial charge in [0.25, 0.3) is 5.92 Å². The fourth-order valence-corrected chi connectivity index (χ4v) is 3.23. The number of carbonyl (C=O) groups excluding carboxylic acids is 1. The van der Waals surface area contributed by atoms with Crippen LogP contribution < -0.4 is 10.1 Å². The van der Waals surface area contributed by atoms with Gasteiger partial charge >= 0.3 is 5.97 Å². The molecule has 2 saturated heterocycles. The predicted molar refractivity (Wildman–Crippen MR) is 85.8 cm³/mol. The largest absolute Gasteiger partial charge is 0.497 e. The highest BCUT2D eigenvalue weighted by molar-refractivity contribution is 5.72. The van der Waals surface area contributed by atoms with Crippen molar-refractivity contribution in [2.24, 2.45) is 0 Å². The molecular formula is C17H22F2N2O4. The van der Waals surface area contributed by atoms with Crippen molar-refractivity contribution in [2.75, 3.05) is 33.3 Å². The standard InChI is InChI=1S/C17H22F2N2O4/c1-24-12-4-2-11(3-5-12)6-13-16(14(22)7-20-13)25-15(23)8-21-9-17(18,19)10-21/h2-5,13-14,16,20,22H,6-10H2,1H3/t13-,14+,16+/m1/s1. The zero-order valence-electron chi connectivity index (χ0n) is 14.0. The van der Waals surface area contributed by atoms with Gasteiger partial charge in [-0.25, -0.2) is 8.78 Å². The molecular weight excluding hydrogens is 334 g/mol. The van der Waals surface area contributed by atoms with Crippen LogP contribution in [0.2, 0.25) is 0 Å². The summed E-state index contributed by atoms with van der Waals surface area (Å²) >= 11 is 0. The fraction of sp³-hybridized carbons (Fsp3) is 0.588. The molecule has 138 valence electrons. The number of benzene rings is 1. The van der Waals surface area contributed by atoms with Crippen LogP contribution >= 0.6 is 0 Å². The Bertz CT molecular complexity index is 603. The number of likely N-dealkylation sites (tertiary alicyclic amines) is 1. The van der Waals surface area contributed by atoms with Crippen molar-refractivity contribution in [3.05, 3.63) is 29.8 Å². The Hall–Kier alpha value is -1.77. The zero-order valence-corrected chi connectivity index (χ0v) is 14.0. The van der Waals surface area contributed by atoms with E-state index in [0.717, 1.165) is 11.3 Å². The Morgan fingerprint density at radius 3 is 2.64 bits per heavy atom. The molecule has 8 heteroatoms. The number of esters is 1. The second-order valence-electron chi connectivity index (χ2n) is 6.59. The smallest absolute Gasteiger partial charge is 0.320 e. The van der Waals surface area contributed by atoms with Crippen molar-refractivity contribution in [1.82, 2.24) is 10.2 Å². The summed E-state index contributed by atoms with van der Waals surface area (Å²) in [4.78, 5) is 13.3. The minimum absolute atomic E-state index is 0.186. The van der Waals surface area contributed by atoms with E-state index in [1.165, 1.54) is 4.90 Å². The molecule has 25 heavy (non-hydrogen) atoms. The first-order valence-electron chi connectivity index (χ1n) is 8.20. The number of ether oxygens (including phenoxy) is 2. The second kappa shape index (κ2) is 7.23. The molecule has 0 bridgehead atoms. The number of aliphatic hydroxyl groups excluding tert-OH is 1. The number of hydrogen-bond acceptors (Lipinski definition) is 6. The van der Waals surface area contributed by atoms with Crippen molar-refractivity contribution in [3.63, 3.8) is 0 Å². The number of hydrogen-bond donors (Lipinski definition) is 2. The van der Waals surface area contributed by atoms with Crippen LogP contribution in [0, 0.1) is 0 Å². The van der Waals surface area contributed by atoms with E-state index in [-0.39, 0.29) is 12.6 Å². The topological polar surface area (TPSA) is 71.0 Å². The van der Waals surface area contributed by atoms with Gasteiger partial charge < -0.3 is 19.9 Å². The third-order valence-corrected chi connectivity index (χ3v) is 4.51. The molecule has 0 unspecified atom stereocenters. The van der Waals surface area contributed by atoms with Gasteiger partial charge in [0.15, 0.2) is 0 Å². The molecule has 0 aromatic heterocycles. The minimum atomic E-state index is -2.72. The molecule has 2 aliphatic heterocycles. The molecule has 3 rings (SSSR count). The van der Waals surface area contributed by atoms with Gasteiger partial charge in [0, 0.05) is 6.54 Å². The van der Waals surface area contributed by atoms with Crippen molar-refractivity contribution in [1.29, 1.82) is 0 Å². The first-order valence-corrected chi connectivity index (χ1v) is 8.20. The van der Waals surface area contributed by atoms with E-state index in [4.69, 9.17) is 9.47 Å². The highest BCUT2D eigenvalue weighted by Gasteiger charge is 2.45. The lowest BCUT2D eigenvalue weighted by Crippen LogP contribution is -2.58. The minimum Gasteiger partial charge on any atom is -0.497 e. The van der Waals surface area contributed by atoms with E-state index in [9.17, 15) is 18.7 Å². The van der Waals surface area contributed by atoms with Crippen LogP contribution in [-0.2, 0) is 16.0 Å². The number of carbonyl (C=O) groups is 1. The normalized spacial score (nSPS) is 28.4. The number of β-amino-alcohol motifs (C(OH)–C–C–N with tert-alkyl or cyclic N) is 1. The summed E-state index contributed by atoms with van der Waals surface area (Å²) in [6.45, 7) is -0.722. The first kappa shape index (κ1) is 18.0. The van der Waals surface area contributed by atoms with Gasteiger partial charge in [-0.15, -0.1) is 0 Å². The Labute approximate surface area is 144 Å². The predicted octanol–water partition coefficient (Wildman–Crippen LogP) is 0.433. The van der Waals surface area contributed by atoms with E-state index >= 15 is 0 Å². The third-order valence-electron chi connectivity index (χ3n) is 4.51. The molecule has 0 saturated carbocycles. The van der Waals surface area contributed by atoms with Gasteiger partial charge in [0.2, 0.25) is 0 Å². The third kappa shape index (κ3) is 4.45. The van der Waals surface area contributed by atoms with E-state index in [0.29, 0.717) is 13.0 Å². The van der Waals surface area contributed by atoms with E-state index in [1.807, 2.05) is 24.3 Å². The molecule has 2 fully saturated rings. The van der Waals surface area contributed by atoms with Crippen LogP contribution in [0.4, 0.5) is 8.78 Å². The quantitative estimate of drug-likeness (QED) is 0.721. The van der Waals surface area contributed by atoms with Crippen molar-refractivity contribution in [3.8, 4) is 5.75 Å². The summed E-state index contributed by atoms with van der Waals surface area (Å²) in [6.07, 6.45) is -0.942. The van der Waals surface area contributed by atoms with Crippen LogP contribution in [-0.4, -0.2) is 73.4 Å². The van der Waals surface area contributed by atoms with Gasteiger partial charge in [-0.05, 0) is 24.1 Å². The lowest BCUT2D eigenvalue weighted by molar-refractivity contribution is -0.167. The highest BCUT2D eigenvalue weighted by atomic mass is 19.3. The molecule has 3 atom stereocenters. The molecule has 1 aromatic rings. The maximum atomic E-state index is 12.8. The highest BCUT2D eigenvalue weighted by Crippen LogP contribution is 2.26. The summed E-state index contributed by atoms with van der Waals surface area (Å²) < 4.78 is 36.1. The zero-order chi connectivity index (χ0) is 18.0. The van der Waals surface area contributed by atoms with Crippen molar-refractivity contribution < 1.29 is 28.2 Å². The number of aliphatic hydroxyl groups is 1. The second-order valence-corrected chi connectivity index (χ2v) is 6.59. The molecule has 0 aliphatic carbocycles.